The second-order valence-electron chi connectivity index (χ2n) is 5.80. The van der Waals surface area contributed by atoms with Crippen LogP contribution in [0.5, 0.6) is 0 Å². The first-order chi connectivity index (χ1) is 10.2. The summed E-state index contributed by atoms with van der Waals surface area (Å²) in [6.45, 7) is 3.79. The zero-order valence-electron chi connectivity index (χ0n) is 12.9. The van der Waals surface area contributed by atoms with Crippen LogP contribution in [0.1, 0.15) is 43.2 Å². The number of hydrogen-bond donors (Lipinski definition) is 1. The number of carbonyl (C=O) groups is 1. The normalized spacial score (nSPS) is 15.9. The number of benzene rings is 1. The van der Waals surface area contributed by atoms with Gasteiger partial charge >= 0.3 is 6.03 Å². The van der Waals surface area contributed by atoms with Gasteiger partial charge in [0.2, 0.25) is 0 Å². The Morgan fingerprint density at radius 3 is 2.67 bits per heavy atom. The highest BCUT2D eigenvalue weighted by Crippen LogP contribution is 2.22. The summed E-state index contributed by atoms with van der Waals surface area (Å²) in [6, 6.07) is 8.18. The lowest BCUT2D eigenvalue weighted by molar-refractivity contribution is 0.0830. The van der Waals surface area contributed by atoms with Crippen molar-refractivity contribution in [3.63, 3.8) is 0 Å². The number of nitrogens with zero attached hydrogens (tertiary/aromatic N) is 1. The van der Waals surface area contributed by atoms with E-state index in [0.29, 0.717) is 25.8 Å². The molecular weight excluding hydrogens is 264 g/mol. The Hall–Kier alpha value is -1.55. The average molecular weight is 290 g/mol. The van der Waals surface area contributed by atoms with E-state index in [1.165, 1.54) is 30.4 Å². The van der Waals surface area contributed by atoms with Crippen LogP contribution in [-0.2, 0) is 11.3 Å². The minimum absolute atomic E-state index is 0.304. The van der Waals surface area contributed by atoms with Gasteiger partial charge in [-0.2, -0.15) is 0 Å². The maximum atomic E-state index is 11.6. The topological polar surface area (TPSA) is 55.6 Å². The molecule has 0 heterocycles. The number of amides is 2. The molecule has 2 N–H and O–H groups in total. The molecule has 1 fully saturated rings. The molecule has 0 aliphatic heterocycles. The molecule has 0 aromatic heterocycles. The highest BCUT2D eigenvalue weighted by atomic mass is 16.5. The summed E-state index contributed by atoms with van der Waals surface area (Å²) in [5.74, 6) is 0. The molecule has 0 bridgehead atoms. The summed E-state index contributed by atoms with van der Waals surface area (Å²) < 4.78 is 5.72. The number of carbonyl (C=O) groups excluding carboxylic acids is 1. The van der Waals surface area contributed by atoms with Crippen LogP contribution < -0.4 is 5.73 Å². The molecule has 4 nitrogen and oxygen atoms in total. The molecule has 0 atom stereocenters. The molecule has 0 spiro atoms. The van der Waals surface area contributed by atoms with Gasteiger partial charge in [-0.15, -0.1) is 0 Å². The molecule has 2 rings (SSSR count). The van der Waals surface area contributed by atoms with Crippen molar-refractivity contribution < 1.29 is 9.53 Å². The van der Waals surface area contributed by atoms with Crippen LogP contribution in [0.3, 0.4) is 0 Å². The van der Waals surface area contributed by atoms with Gasteiger partial charge in [-0.1, -0.05) is 43.5 Å². The van der Waals surface area contributed by atoms with Crippen LogP contribution in [0.15, 0.2) is 24.3 Å². The van der Waals surface area contributed by atoms with E-state index in [4.69, 9.17) is 10.5 Å². The summed E-state index contributed by atoms with van der Waals surface area (Å²) in [5, 5.41) is 0. The zero-order valence-corrected chi connectivity index (χ0v) is 12.9. The van der Waals surface area contributed by atoms with Gasteiger partial charge in [0.15, 0.2) is 0 Å². The smallest absolute Gasteiger partial charge is 0.315 e. The third-order valence-electron chi connectivity index (χ3n) is 4.29. The third-order valence-corrected chi connectivity index (χ3v) is 4.29. The van der Waals surface area contributed by atoms with Crippen molar-refractivity contribution in [1.82, 2.24) is 4.90 Å². The lowest BCUT2D eigenvalue weighted by Gasteiger charge is -2.33. The molecule has 0 unspecified atom stereocenters. The van der Waals surface area contributed by atoms with Crippen LogP contribution in [0.25, 0.3) is 0 Å². The number of ether oxygens (including phenoxy) is 1. The van der Waals surface area contributed by atoms with Crippen molar-refractivity contribution in [2.45, 2.75) is 51.7 Å². The molecule has 0 saturated heterocycles. The van der Waals surface area contributed by atoms with Crippen LogP contribution >= 0.6 is 0 Å². The molecular formula is C17H26N2O2. The van der Waals surface area contributed by atoms with Crippen LogP contribution in [0.2, 0.25) is 0 Å². The van der Waals surface area contributed by atoms with Gasteiger partial charge in [0, 0.05) is 12.6 Å². The second-order valence-corrected chi connectivity index (χ2v) is 5.80. The van der Waals surface area contributed by atoms with E-state index in [1.54, 1.807) is 4.90 Å². The van der Waals surface area contributed by atoms with Crippen LogP contribution in [0, 0.1) is 6.92 Å². The largest absolute Gasteiger partial charge is 0.375 e. The molecule has 1 saturated carbocycles. The number of rotatable bonds is 6. The van der Waals surface area contributed by atoms with Gasteiger partial charge in [-0.25, -0.2) is 4.79 Å². The van der Waals surface area contributed by atoms with E-state index >= 15 is 0 Å². The van der Waals surface area contributed by atoms with Crippen molar-refractivity contribution >= 4 is 6.03 Å². The van der Waals surface area contributed by atoms with E-state index < -0.39 is 0 Å². The number of urea groups is 1. The molecule has 4 heteroatoms. The maximum absolute atomic E-state index is 11.6. The Bertz CT molecular complexity index is 456. The van der Waals surface area contributed by atoms with Gasteiger partial charge in [0.1, 0.15) is 0 Å². The summed E-state index contributed by atoms with van der Waals surface area (Å²) in [7, 11) is 0. The summed E-state index contributed by atoms with van der Waals surface area (Å²) >= 11 is 0. The van der Waals surface area contributed by atoms with Crippen molar-refractivity contribution in [2.75, 3.05) is 13.2 Å². The molecule has 116 valence electrons. The molecule has 1 aromatic rings. The summed E-state index contributed by atoms with van der Waals surface area (Å²) in [5.41, 5.74) is 7.94. The zero-order chi connectivity index (χ0) is 15.1. The molecule has 0 radical (unpaired) electrons. The number of hydrogen-bond acceptors (Lipinski definition) is 2. The van der Waals surface area contributed by atoms with Gasteiger partial charge in [-0.3, -0.25) is 0 Å². The first kappa shape index (κ1) is 15.8. The first-order valence-corrected chi connectivity index (χ1v) is 7.87. The Morgan fingerprint density at radius 2 is 2.00 bits per heavy atom. The Balaban J connectivity index is 1.77. The molecule has 2 amide bonds. The fourth-order valence-corrected chi connectivity index (χ4v) is 2.98. The second kappa shape index (κ2) is 8.03. The minimum Gasteiger partial charge on any atom is -0.375 e. The summed E-state index contributed by atoms with van der Waals surface area (Å²) in [4.78, 5) is 13.4. The predicted molar refractivity (Wildman–Crippen MR) is 84.0 cm³/mol. The van der Waals surface area contributed by atoms with E-state index in [9.17, 15) is 4.79 Å². The SMILES string of the molecule is Cc1ccccc1COCCN(C(N)=O)C1CCCCC1. The highest BCUT2D eigenvalue weighted by molar-refractivity contribution is 5.72. The first-order valence-electron chi connectivity index (χ1n) is 7.87. The molecule has 21 heavy (non-hydrogen) atoms. The highest BCUT2D eigenvalue weighted by Gasteiger charge is 2.23. The Morgan fingerprint density at radius 1 is 1.29 bits per heavy atom. The van der Waals surface area contributed by atoms with Crippen molar-refractivity contribution in [3.8, 4) is 0 Å². The average Bonchev–Trinajstić information content (AvgIpc) is 2.49. The van der Waals surface area contributed by atoms with Crippen molar-refractivity contribution in [1.29, 1.82) is 0 Å². The number of nitrogens with two attached hydrogens (primary N) is 1. The lowest BCUT2D eigenvalue weighted by atomic mass is 9.94. The molecule has 1 aromatic carbocycles. The van der Waals surface area contributed by atoms with E-state index in [2.05, 4.69) is 19.1 Å². The third kappa shape index (κ3) is 4.74. The summed E-state index contributed by atoms with van der Waals surface area (Å²) in [6.07, 6.45) is 5.80. The quantitative estimate of drug-likeness (QED) is 0.818. The predicted octanol–water partition coefficient (Wildman–Crippen LogP) is 3.23. The molecule has 1 aliphatic rings. The fourth-order valence-electron chi connectivity index (χ4n) is 2.98. The Kier molecular flexibility index (Phi) is 6.05. The Labute approximate surface area is 127 Å². The van der Waals surface area contributed by atoms with Gasteiger partial charge in [0.25, 0.3) is 0 Å². The van der Waals surface area contributed by atoms with E-state index in [-0.39, 0.29) is 6.03 Å². The van der Waals surface area contributed by atoms with E-state index in [1.807, 2.05) is 12.1 Å². The minimum atomic E-state index is -0.318. The van der Waals surface area contributed by atoms with Crippen LogP contribution in [-0.4, -0.2) is 30.1 Å². The van der Waals surface area contributed by atoms with Gasteiger partial charge < -0.3 is 15.4 Å². The maximum Gasteiger partial charge on any atom is 0.315 e. The van der Waals surface area contributed by atoms with Gasteiger partial charge in [0.05, 0.1) is 13.2 Å². The van der Waals surface area contributed by atoms with Crippen molar-refractivity contribution in [3.05, 3.63) is 35.4 Å². The standard InChI is InChI=1S/C17H26N2O2/c1-14-7-5-6-8-15(14)13-21-12-11-19(17(18)20)16-9-3-2-4-10-16/h5-8,16H,2-4,9-13H2,1H3,(H2,18,20). The molecule has 1 aliphatic carbocycles. The number of primary amides is 1. The monoisotopic (exact) mass is 290 g/mol. The van der Waals surface area contributed by atoms with E-state index in [0.717, 1.165) is 12.8 Å². The van der Waals surface area contributed by atoms with Crippen LogP contribution in [0.4, 0.5) is 4.79 Å². The lowest BCUT2D eigenvalue weighted by Crippen LogP contribution is -2.46. The van der Waals surface area contributed by atoms with Crippen molar-refractivity contribution in [2.24, 2.45) is 5.73 Å². The number of aryl methyl sites for hydroxylation is 1. The van der Waals surface area contributed by atoms with Gasteiger partial charge in [-0.05, 0) is 30.9 Å². The fraction of sp³-hybridized carbons (Fsp3) is 0.588.